The van der Waals surface area contributed by atoms with Gasteiger partial charge >= 0.3 is 0 Å². The summed E-state index contributed by atoms with van der Waals surface area (Å²) in [5.74, 6) is 0.611. The quantitative estimate of drug-likeness (QED) is 0.867. The molecular formula is C17H24N2O2S. The van der Waals surface area contributed by atoms with Crippen molar-refractivity contribution in [2.24, 2.45) is 21.8 Å². The molecule has 4 nitrogen and oxygen atoms in total. The molecule has 0 aliphatic heterocycles. The van der Waals surface area contributed by atoms with Crippen LogP contribution >= 0.6 is 0 Å². The molecule has 0 heterocycles. The molecule has 2 fully saturated rings. The first-order valence-electron chi connectivity index (χ1n) is 7.82. The van der Waals surface area contributed by atoms with Gasteiger partial charge in [0.15, 0.2) is 0 Å². The first-order valence-corrected chi connectivity index (χ1v) is 9.31. The summed E-state index contributed by atoms with van der Waals surface area (Å²) in [5, 5.41) is 4.32. The van der Waals surface area contributed by atoms with Crippen LogP contribution in [0, 0.1) is 23.7 Å². The highest BCUT2D eigenvalue weighted by atomic mass is 32.2. The summed E-state index contributed by atoms with van der Waals surface area (Å²) in [6.07, 6.45) is 3.21. The van der Waals surface area contributed by atoms with Crippen LogP contribution in [0.4, 0.5) is 0 Å². The van der Waals surface area contributed by atoms with Crippen LogP contribution in [-0.2, 0) is 10.0 Å². The summed E-state index contributed by atoms with van der Waals surface area (Å²) in [4.78, 5) is 2.70. The van der Waals surface area contributed by atoms with Gasteiger partial charge in [0.2, 0.25) is 0 Å². The Balaban J connectivity index is 1.85. The van der Waals surface area contributed by atoms with Gasteiger partial charge in [-0.05, 0) is 49.7 Å². The summed E-state index contributed by atoms with van der Waals surface area (Å²) < 4.78 is 24.7. The minimum Gasteiger partial charge on any atom is -0.200 e. The van der Waals surface area contributed by atoms with E-state index in [0.717, 1.165) is 24.1 Å². The zero-order valence-electron chi connectivity index (χ0n) is 13.7. The average Bonchev–Trinajstić information content (AvgIpc) is 2.78. The Morgan fingerprint density at radius 2 is 1.82 bits per heavy atom. The van der Waals surface area contributed by atoms with Crippen molar-refractivity contribution >= 4 is 15.7 Å². The van der Waals surface area contributed by atoms with E-state index in [4.69, 9.17) is 0 Å². The van der Waals surface area contributed by atoms with Crippen LogP contribution in [0.25, 0.3) is 0 Å². The molecule has 0 amide bonds. The van der Waals surface area contributed by atoms with Gasteiger partial charge in [-0.2, -0.15) is 13.5 Å². The molecule has 0 unspecified atom stereocenters. The third-order valence-corrected chi connectivity index (χ3v) is 7.37. The van der Waals surface area contributed by atoms with E-state index in [1.807, 2.05) is 6.92 Å². The smallest absolute Gasteiger partial charge is 0.200 e. The highest BCUT2D eigenvalue weighted by molar-refractivity contribution is 7.89. The van der Waals surface area contributed by atoms with Crippen molar-refractivity contribution in [3.63, 3.8) is 0 Å². The summed E-state index contributed by atoms with van der Waals surface area (Å²) in [6.45, 7) is 8.71. The zero-order chi connectivity index (χ0) is 16.2. The van der Waals surface area contributed by atoms with Gasteiger partial charge in [-0.15, -0.1) is 0 Å². The Hall–Kier alpha value is -1.36. The first-order chi connectivity index (χ1) is 10.2. The second-order valence-corrected chi connectivity index (χ2v) is 9.12. The Bertz CT molecular complexity index is 720. The molecule has 2 atom stereocenters. The molecule has 1 aromatic carbocycles. The highest BCUT2D eigenvalue weighted by Crippen LogP contribution is 2.63. The number of hydrazone groups is 1. The number of aryl methyl sites for hydroxylation is 1. The molecule has 120 valence electrons. The minimum absolute atomic E-state index is 0.00740. The highest BCUT2D eigenvalue weighted by Gasteiger charge is 2.60. The van der Waals surface area contributed by atoms with Gasteiger partial charge in [0, 0.05) is 11.1 Å². The van der Waals surface area contributed by atoms with E-state index >= 15 is 0 Å². The Morgan fingerprint density at radius 1 is 1.18 bits per heavy atom. The van der Waals surface area contributed by atoms with Crippen molar-refractivity contribution in [1.29, 1.82) is 0 Å². The molecule has 0 saturated heterocycles. The lowest BCUT2D eigenvalue weighted by Crippen LogP contribution is -2.34. The number of sulfonamides is 1. The minimum atomic E-state index is -3.58. The molecule has 22 heavy (non-hydrogen) atoms. The molecule has 0 radical (unpaired) electrons. The Labute approximate surface area is 133 Å². The fourth-order valence-corrected chi connectivity index (χ4v) is 4.81. The largest absolute Gasteiger partial charge is 0.276 e. The van der Waals surface area contributed by atoms with Crippen LogP contribution in [-0.4, -0.2) is 14.1 Å². The maximum atomic E-state index is 12.4. The molecule has 1 N–H and O–H groups in total. The van der Waals surface area contributed by atoms with E-state index in [2.05, 4.69) is 30.7 Å². The van der Waals surface area contributed by atoms with Crippen molar-refractivity contribution in [2.75, 3.05) is 0 Å². The number of fused-ring (bicyclic) bond motifs is 2. The molecule has 0 spiro atoms. The predicted molar refractivity (Wildman–Crippen MR) is 88.2 cm³/mol. The van der Waals surface area contributed by atoms with Crippen molar-refractivity contribution in [2.45, 2.75) is 51.9 Å². The number of nitrogens with one attached hydrogen (secondary N) is 1. The molecule has 3 rings (SSSR count). The standard InChI is InChI=1S/C17H24N2O2S/c1-12-5-7-14(8-6-12)22(20,21)19-18-15-11-13-9-10-17(15,4)16(13,2)3/h5-8,13,19H,9-11H2,1-4H3/b18-15+/t13-,17+/m1/s1. The zero-order valence-corrected chi connectivity index (χ0v) is 14.5. The Kier molecular flexibility index (Phi) is 3.40. The van der Waals surface area contributed by atoms with Gasteiger partial charge in [0.25, 0.3) is 10.0 Å². The number of hydrogen-bond acceptors (Lipinski definition) is 3. The molecule has 1 aromatic rings. The first kappa shape index (κ1) is 15.5. The van der Waals surface area contributed by atoms with E-state index in [0.29, 0.717) is 5.92 Å². The summed E-state index contributed by atoms with van der Waals surface area (Å²) in [7, 11) is -3.58. The van der Waals surface area contributed by atoms with Crippen LogP contribution < -0.4 is 4.83 Å². The Morgan fingerprint density at radius 3 is 2.32 bits per heavy atom. The topological polar surface area (TPSA) is 58.5 Å². The van der Waals surface area contributed by atoms with Gasteiger partial charge in [0.05, 0.1) is 4.90 Å². The lowest BCUT2D eigenvalue weighted by Gasteiger charge is -2.34. The van der Waals surface area contributed by atoms with E-state index in [1.54, 1.807) is 24.3 Å². The molecule has 2 aliphatic carbocycles. The third-order valence-electron chi connectivity index (χ3n) is 6.14. The molecule has 2 saturated carbocycles. The summed E-state index contributed by atoms with van der Waals surface area (Å²) in [6, 6.07) is 6.82. The van der Waals surface area contributed by atoms with Gasteiger partial charge < -0.3 is 0 Å². The number of nitrogens with zero attached hydrogens (tertiary/aromatic N) is 1. The number of hydrogen-bond donors (Lipinski definition) is 1. The normalized spacial score (nSPS) is 31.6. The molecule has 0 aromatic heterocycles. The van der Waals surface area contributed by atoms with Crippen molar-refractivity contribution in [3.8, 4) is 0 Å². The second-order valence-electron chi connectivity index (χ2n) is 7.46. The second kappa shape index (κ2) is 4.82. The SMILES string of the molecule is Cc1ccc(S(=O)(=O)N/N=C2\C[C@H]3CC[C@]2(C)C3(C)C)cc1. The van der Waals surface area contributed by atoms with Crippen LogP contribution in [0.3, 0.4) is 0 Å². The number of rotatable bonds is 3. The van der Waals surface area contributed by atoms with E-state index in [-0.39, 0.29) is 15.7 Å². The maximum absolute atomic E-state index is 12.4. The van der Waals surface area contributed by atoms with Crippen molar-refractivity contribution in [3.05, 3.63) is 29.8 Å². The van der Waals surface area contributed by atoms with E-state index in [1.165, 1.54) is 6.42 Å². The fraction of sp³-hybridized carbons (Fsp3) is 0.588. The fourth-order valence-electron chi connectivity index (χ4n) is 3.98. The van der Waals surface area contributed by atoms with E-state index < -0.39 is 10.0 Å². The molecule has 2 bridgehead atoms. The van der Waals surface area contributed by atoms with Crippen molar-refractivity contribution < 1.29 is 8.42 Å². The van der Waals surface area contributed by atoms with Gasteiger partial charge in [0.1, 0.15) is 0 Å². The van der Waals surface area contributed by atoms with Crippen molar-refractivity contribution in [1.82, 2.24) is 4.83 Å². The monoisotopic (exact) mass is 320 g/mol. The maximum Gasteiger partial charge on any atom is 0.276 e. The van der Waals surface area contributed by atoms with Crippen LogP contribution in [0.15, 0.2) is 34.3 Å². The molecule has 2 aliphatic rings. The summed E-state index contributed by atoms with van der Waals surface area (Å²) in [5.41, 5.74) is 2.24. The summed E-state index contributed by atoms with van der Waals surface area (Å²) >= 11 is 0. The van der Waals surface area contributed by atoms with Gasteiger partial charge in [-0.1, -0.05) is 38.5 Å². The lowest BCUT2D eigenvalue weighted by atomic mass is 9.70. The van der Waals surface area contributed by atoms with Crippen LogP contribution in [0.5, 0.6) is 0 Å². The van der Waals surface area contributed by atoms with Crippen LogP contribution in [0.1, 0.15) is 45.6 Å². The van der Waals surface area contributed by atoms with Gasteiger partial charge in [-0.3, -0.25) is 0 Å². The third kappa shape index (κ3) is 2.18. The molecular weight excluding hydrogens is 296 g/mol. The van der Waals surface area contributed by atoms with Crippen LogP contribution in [0.2, 0.25) is 0 Å². The van der Waals surface area contributed by atoms with E-state index in [9.17, 15) is 8.42 Å². The van der Waals surface area contributed by atoms with Gasteiger partial charge in [-0.25, -0.2) is 4.83 Å². The number of benzene rings is 1. The lowest BCUT2D eigenvalue weighted by molar-refractivity contribution is 0.193. The predicted octanol–water partition coefficient (Wildman–Crippen LogP) is 3.48. The average molecular weight is 320 g/mol. The molecule has 5 heteroatoms.